The normalized spacial score (nSPS) is 17.9. The SMILES string of the molecule is Clc1ccccc1Oc1ccc(CCC2CCCN2)cc1. The maximum absolute atomic E-state index is 6.10. The first-order chi connectivity index (χ1) is 10.3. The van der Waals surface area contributed by atoms with E-state index in [2.05, 4.69) is 17.4 Å². The predicted molar refractivity (Wildman–Crippen MR) is 87.3 cm³/mol. The third-order valence-electron chi connectivity index (χ3n) is 3.93. The fraction of sp³-hybridized carbons (Fsp3) is 0.333. The van der Waals surface area contributed by atoms with Gasteiger partial charge in [-0.15, -0.1) is 0 Å². The van der Waals surface area contributed by atoms with Crippen LogP contribution >= 0.6 is 11.6 Å². The van der Waals surface area contributed by atoms with E-state index in [0.29, 0.717) is 16.8 Å². The minimum Gasteiger partial charge on any atom is -0.456 e. The molecule has 2 aromatic rings. The summed E-state index contributed by atoms with van der Waals surface area (Å²) in [6.07, 6.45) is 4.96. The number of aryl methyl sites for hydroxylation is 1. The highest BCUT2D eigenvalue weighted by Gasteiger charge is 2.13. The molecule has 0 saturated carbocycles. The van der Waals surface area contributed by atoms with E-state index in [1.807, 2.05) is 36.4 Å². The zero-order chi connectivity index (χ0) is 14.5. The number of nitrogens with one attached hydrogen (secondary N) is 1. The van der Waals surface area contributed by atoms with Crippen LogP contribution in [0.3, 0.4) is 0 Å². The molecule has 1 atom stereocenters. The molecule has 1 fully saturated rings. The number of rotatable bonds is 5. The van der Waals surface area contributed by atoms with Crippen LogP contribution in [-0.2, 0) is 6.42 Å². The maximum Gasteiger partial charge on any atom is 0.146 e. The zero-order valence-corrected chi connectivity index (χ0v) is 12.8. The molecule has 0 aromatic heterocycles. The van der Waals surface area contributed by atoms with E-state index in [-0.39, 0.29) is 0 Å². The summed E-state index contributed by atoms with van der Waals surface area (Å²) in [6, 6.07) is 16.5. The van der Waals surface area contributed by atoms with Gasteiger partial charge in [-0.25, -0.2) is 0 Å². The Balaban J connectivity index is 1.57. The predicted octanol–water partition coefficient (Wildman–Crippen LogP) is 4.82. The largest absolute Gasteiger partial charge is 0.456 e. The summed E-state index contributed by atoms with van der Waals surface area (Å²) in [7, 11) is 0. The van der Waals surface area contributed by atoms with E-state index in [1.54, 1.807) is 0 Å². The van der Waals surface area contributed by atoms with Crippen LogP contribution in [0.1, 0.15) is 24.8 Å². The van der Waals surface area contributed by atoms with Gasteiger partial charge in [0, 0.05) is 6.04 Å². The third kappa shape index (κ3) is 3.99. The summed E-state index contributed by atoms with van der Waals surface area (Å²) in [4.78, 5) is 0. The van der Waals surface area contributed by atoms with E-state index in [0.717, 1.165) is 12.2 Å². The Morgan fingerprint density at radius 2 is 1.90 bits per heavy atom. The summed E-state index contributed by atoms with van der Waals surface area (Å²) < 4.78 is 5.80. The lowest BCUT2D eigenvalue weighted by atomic mass is 10.0. The van der Waals surface area contributed by atoms with Crippen LogP contribution in [0.25, 0.3) is 0 Å². The number of hydrogen-bond donors (Lipinski definition) is 1. The van der Waals surface area contributed by atoms with E-state index in [4.69, 9.17) is 16.3 Å². The van der Waals surface area contributed by atoms with E-state index < -0.39 is 0 Å². The summed E-state index contributed by atoms with van der Waals surface area (Å²) in [6.45, 7) is 1.18. The maximum atomic E-state index is 6.10. The smallest absolute Gasteiger partial charge is 0.146 e. The van der Waals surface area contributed by atoms with Crippen molar-refractivity contribution in [1.29, 1.82) is 0 Å². The minimum absolute atomic E-state index is 0.633. The van der Waals surface area contributed by atoms with Crippen molar-refractivity contribution in [3.8, 4) is 11.5 Å². The molecule has 1 aliphatic heterocycles. The molecule has 0 amide bonds. The summed E-state index contributed by atoms with van der Waals surface area (Å²) in [5.41, 5.74) is 1.36. The topological polar surface area (TPSA) is 21.3 Å². The van der Waals surface area contributed by atoms with Crippen molar-refractivity contribution in [3.05, 3.63) is 59.1 Å². The molecule has 1 saturated heterocycles. The summed E-state index contributed by atoms with van der Waals surface area (Å²) in [5.74, 6) is 1.52. The summed E-state index contributed by atoms with van der Waals surface area (Å²) in [5, 5.41) is 4.17. The molecule has 1 N–H and O–H groups in total. The number of benzene rings is 2. The van der Waals surface area contributed by atoms with Crippen LogP contribution in [0.5, 0.6) is 11.5 Å². The van der Waals surface area contributed by atoms with Crippen LogP contribution in [0, 0.1) is 0 Å². The average molecular weight is 302 g/mol. The van der Waals surface area contributed by atoms with Gasteiger partial charge in [0.15, 0.2) is 0 Å². The molecule has 0 bridgehead atoms. The minimum atomic E-state index is 0.633. The van der Waals surface area contributed by atoms with Gasteiger partial charge in [-0.3, -0.25) is 0 Å². The molecule has 2 aromatic carbocycles. The van der Waals surface area contributed by atoms with Gasteiger partial charge >= 0.3 is 0 Å². The zero-order valence-electron chi connectivity index (χ0n) is 12.0. The van der Waals surface area contributed by atoms with Crippen molar-refractivity contribution in [3.63, 3.8) is 0 Å². The first-order valence-corrected chi connectivity index (χ1v) is 7.94. The second kappa shape index (κ2) is 6.97. The molecule has 0 radical (unpaired) electrons. The first kappa shape index (κ1) is 14.4. The lowest BCUT2D eigenvalue weighted by molar-refractivity contribution is 0.482. The molecule has 21 heavy (non-hydrogen) atoms. The van der Waals surface area contributed by atoms with E-state index >= 15 is 0 Å². The second-order valence-corrected chi connectivity index (χ2v) is 5.92. The van der Waals surface area contributed by atoms with Crippen LogP contribution in [0.2, 0.25) is 5.02 Å². The van der Waals surface area contributed by atoms with Crippen molar-refractivity contribution >= 4 is 11.6 Å². The van der Waals surface area contributed by atoms with E-state index in [1.165, 1.54) is 31.4 Å². The Labute approximate surface area is 131 Å². The highest BCUT2D eigenvalue weighted by Crippen LogP contribution is 2.29. The molecule has 110 valence electrons. The van der Waals surface area contributed by atoms with Gasteiger partial charge in [-0.05, 0) is 62.1 Å². The molecule has 1 unspecified atom stereocenters. The Hall–Kier alpha value is -1.51. The van der Waals surface area contributed by atoms with Gasteiger partial charge < -0.3 is 10.1 Å². The number of para-hydroxylation sites is 1. The van der Waals surface area contributed by atoms with Crippen molar-refractivity contribution in [2.24, 2.45) is 0 Å². The molecular weight excluding hydrogens is 282 g/mol. The monoisotopic (exact) mass is 301 g/mol. The Kier molecular flexibility index (Phi) is 4.79. The number of halogens is 1. The number of hydrogen-bond acceptors (Lipinski definition) is 2. The van der Waals surface area contributed by atoms with E-state index in [9.17, 15) is 0 Å². The van der Waals surface area contributed by atoms with Crippen molar-refractivity contribution < 1.29 is 4.74 Å². The molecular formula is C18H20ClNO. The second-order valence-electron chi connectivity index (χ2n) is 5.51. The van der Waals surface area contributed by atoms with Gasteiger partial charge in [0.05, 0.1) is 5.02 Å². The fourth-order valence-electron chi connectivity index (χ4n) is 2.72. The quantitative estimate of drug-likeness (QED) is 0.855. The Morgan fingerprint density at radius 3 is 2.62 bits per heavy atom. The van der Waals surface area contributed by atoms with Gasteiger partial charge in [-0.2, -0.15) is 0 Å². The van der Waals surface area contributed by atoms with Crippen molar-refractivity contribution in [1.82, 2.24) is 5.32 Å². The molecule has 1 heterocycles. The standard InChI is InChI=1S/C18H20ClNO/c19-17-5-1-2-6-18(17)21-16-11-8-14(9-12-16)7-10-15-4-3-13-20-15/h1-2,5-6,8-9,11-12,15,20H,3-4,7,10,13H2. The van der Waals surface area contributed by atoms with Gasteiger partial charge in [0.25, 0.3) is 0 Å². The lowest BCUT2D eigenvalue weighted by Crippen LogP contribution is -2.21. The highest BCUT2D eigenvalue weighted by atomic mass is 35.5. The molecule has 0 aliphatic carbocycles. The van der Waals surface area contributed by atoms with Crippen LogP contribution in [0.4, 0.5) is 0 Å². The van der Waals surface area contributed by atoms with Crippen LogP contribution in [-0.4, -0.2) is 12.6 Å². The number of ether oxygens (including phenoxy) is 1. The molecule has 1 aliphatic rings. The molecule has 3 heteroatoms. The van der Waals surface area contributed by atoms with Gasteiger partial charge in [0.2, 0.25) is 0 Å². The Bertz CT molecular complexity index is 576. The first-order valence-electron chi connectivity index (χ1n) is 7.56. The molecule has 0 spiro atoms. The lowest BCUT2D eigenvalue weighted by Gasteiger charge is -2.11. The highest BCUT2D eigenvalue weighted by molar-refractivity contribution is 6.32. The van der Waals surface area contributed by atoms with Gasteiger partial charge in [-0.1, -0.05) is 35.9 Å². The molecule has 3 rings (SSSR count). The van der Waals surface area contributed by atoms with Crippen LogP contribution < -0.4 is 10.1 Å². The fourth-order valence-corrected chi connectivity index (χ4v) is 2.90. The van der Waals surface area contributed by atoms with Gasteiger partial charge in [0.1, 0.15) is 11.5 Å². The van der Waals surface area contributed by atoms with Crippen molar-refractivity contribution in [2.45, 2.75) is 31.7 Å². The average Bonchev–Trinajstić information content (AvgIpc) is 3.02. The van der Waals surface area contributed by atoms with Crippen molar-refractivity contribution in [2.75, 3.05) is 6.54 Å². The Morgan fingerprint density at radius 1 is 1.10 bits per heavy atom. The summed E-state index contributed by atoms with van der Waals surface area (Å²) >= 11 is 6.10. The van der Waals surface area contributed by atoms with Crippen LogP contribution in [0.15, 0.2) is 48.5 Å². The molecule has 2 nitrogen and oxygen atoms in total. The third-order valence-corrected chi connectivity index (χ3v) is 4.24.